The van der Waals surface area contributed by atoms with Crippen LogP contribution in [0.2, 0.25) is 0 Å². The van der Waals surface area contributed by atoms with Crippen molar-refractivity contribution in [2.75, 3.05) is 19.0 Å². The van der Waals surface area contributed by atoms with Crippen LogP contribution in [0, 0.1) is 11.3 Å². The van der Waals surface area contributed by atoms with Gasteiger partial charge in [-0.1, -0.05) is 61.5 Å². The molecule has 0 aliphatic carbocycles. The summed E-state index contributed by atoms with van der Waals surface area (Å²) in [5.41, 5.74) is 2.63. The number of rotatable bonds is 10. The van der Waals surface area contributed by atoms with Crippen LogP contribution in [0.5, 0.6) is 0 Å². The molecule has 0 saturated heterocycles. The number of dihydropyridines is 1. The van der Waals surface area contributed by atoms with Crippen molar-refractivity contribution in [3.63, 3.8) is 0 Å². The Kier molecular flexibility index (Phi) is 9.30. The minimum Gasteiger partial charge on any atom is -0.465 e. The molecule has 0 bridgehead atoms. The van der Waals surface area contributed by atoms with Crippen LogP contribution < -0.4 is 5.32 Å². The Balaban J connectivity index is 2.08. The van der Waals surface area contributed by atoms with Gasteiger partial charge in [0, 0.05) is 12.4 Å². The van der Waals surface area contributed by atoms with Crippen LogP contribution in [-0.2, 0) is 19.1 Å². The second kappa shape index (κ2) is 12.6. The number of thioether (sulfide) groups is 1. The summed E-state index contributed by atoms with van der Waals surface area (Å²) in [6.07, 6.45) is 5.00. The maximum atomic E-state index is 13.2. The average molecular weight is 478 g/mol. The largest absolute Gasteiger partial charge is 0.465 e. The molecule has 34 heavy (non-hydrogen) atoms. The van der Waals surface area contributed by atoms with Crippen molar-refractivity contribution in [1.29, 1.82) is 5.26 Å². The minimum atomic E-state index is -0.701. The molecule has 0 radical (unpaired) electrons. The van der Waals surface area contributed by atoms with Crippen molar-refractivity contribution < 1.29 is 19.1 Å². The number of aromatic nitrogens is 1. The van der Waals surface area contributed by atoms with Gasteiger partial charge in [0.1, 0.15) is 0 Å². The summed E-state index contributed by atoms with van der Waals surface area (Å²) in [5, 5.41) is 13.9. The summed E-state index contributed by atoms with van der Waals surface area (Å²) in [5.74, 6) is -1.54. The molecule has 1 aliphatic rings. The van der Waals surface area contributed by atoms with Gasteiger partial charge in [-0.25, -0.2) is 4.79 Å². The molecular formula is C26H27N3O4S. The highest BCUT2D eigenvalue weighted by Gasteiger charge is 2.37. The zero-order valence-corrected chi connectivity index (χ0v) is 20.1. The van der Waals surface area contributed by atoms with E-state index >= 15 is 0 Å². The molecule has 7 nitrogen and oxygen atoms in total. The van der Waals surface area contributed by atoms with Gasteiger partial charge in [-0.2, -0.15) is 5.26 Å². The van der Waals surface area contributed by atoms with E-state index in [1.54, 1.807) is 25.4 Å². The molecule has 1 aromatic heterocycles. The van der Waals surface area contributed by atoms with Crippen LogP contribution in [-0.4, -0.2) is 35.9 Å². The number of hydrogen-bond donors (Lipinski definition) is 1. The number of nitrogens with zero attached hydrogens (tertiary/aromatic N) is 2. The first kappa shape index (κ1) is 25.1. The molecule has 1 aliphatic heterocycles. The molecule has 3 rings (SSSR count). The summed E-state index contributed by atoms with van der Waals surface area (Å²) >= 11 is 1.18. The molecule has 0 amide bonds. The second-order valence-electron chi connectivity index (χ2n) is 7.44. The van der Waals surface area contributed by atoms with Crippen LogP contribution in [0.3, 0.4) is 0 Å². The van der Waals surface area contributed by atoms with Crippen molar-refractivity contribution in [3.05, 3.63) is 82.2 Å². The van der Waals surface area contributed by atoms with Crippen molar-refractivity contribution in [1.82, 2.24) is 10.3 Å². The van der Waals surface area contributed by atoms with Gasteiger partial charge in [0.15, 0.2) is 0 Å². The number of allylic oxidation sites excluding steroid dienone is 1. The molecule has 1 aromatic carbocycles. The van der Waals surface area contributed by atoms with E-state index < -0.39 is 11.9 Å². The lowest BCUT2D eigenvalue weighted by Gasteiger charge is -2.30. The number of nitriles is 1. The lowest BCUT2D eigenvalue weighted by molar-refractivity contribution is -0.140. The molecule has 2 aromatic rings. The van der Waals surface area contributed by atoms with Gasteiger partial charge in [0.2, 0.25) is 0 Å². The van der Waals surface area contributed by atoms with Crippen LogP contribution in [0.4, 0.5) is 0 Å². The fourth-order valence-electron chi connectivity index (χ4n) is 3.54. The number of carbonyl (C=O) groups excluding carboxylic acids is 2. The third kappa shape index (κ3) is 6.06. The minimum absolute atomic E-state index is 0.0355. The zero-order valence-electron chi connectivity index (χ0n) is 19.2. The highest BCUT2D eigenvalue weighted by atomic mass is 32.2. The number of ether oxygens (including phenoxy) is 2. The van der Waals surface area contributed by atoms with Crippen molar-refractivity contribution in [2.24, 2.45) is 0 Å². The first-order valence-corrected chi connectivity index (χ1v) is 12.2. The smallest absolute Gasteiger partial charge is 0.337 e. The van der Waals surface area contributed by atoms with E-state index in [4.69, 9.17) is 9.47 Å². The SMILES string of the molecule is CCCCOC(=O)CSC1=C(C#N)[C@@H](c2cccnc2)C(C(=O)OCC)=C(c2ccccc2)N1. The van der Waals surface area contributed by atoms with Gasteiger partial charge in [-0.05, 0) is 30.5 Å². The molecule has 0 saturated carbocycles. The Morgan fingerprint density at radius 2 is 1.94 bits per heavy atom. The first-order chi connectivity index (χ1) is 16.6. The summed E-state index contributed by atoms with van der Waals surface area (Å²) in [6.45, 7) is 4.33. The van der Waals surface area contributed by atoms with E-state index in [-0.39, 0.29) is 18.3 Å². The van der Waals surface area contributed by atoms with Crippen LogP contribution in [0.25, 0.3) is 5.70 Å². The molecule has 176 valence electrons. The van der Waals surface area contributed by atoms with E-state index in [1.165, 1.54) is 11.8 Å². The summed E-state index contributed by atoms with van der Waals surface area (Å²) in [4.78, 5) is 29.6. The van der Waals surface area contributed by atoms with Crippen molar-refractivity contribution in [3.8, 4) is 6.07 Å². The van der Waals surface area contributed by atoms with E-state index in [9.17, 15) is 14.9 Å². The molecule has 1 N–H and O–H groups in total. The van der Waals surface area contributed by atoms with Gasteiger partial charge >= 0.3 is 11.9 Å². The highest BCUT2D eigenvalue weighted by molar-refractivity contribution is 8.03. The number of unbranched alkanes of at least 4 members (excludes halogenated alkanes) is 1. The predicted octanol–water partition coefficient (Wildman–Crippen LogP) is 4.55. The standard InChI is InChI=1S/C26H27N3O4S/c1-3-5-14-33-21(30)17-34-25-20(15-27)22(19-12-9-13-28-16-19)23(26(31)32-4-2)24(29-25)18-10-7-6-8-11-18/h6-13,16,22,29H,3-5,14,17H2,1-2H3/t22-/m1/s1. The molecular weight excluding hydrogens is 450 g/mol. The Morgan fingerprint density at radius 3 is 2.59 bits per heavy atom. The quantitative estimate of drug-likeness (QED) is 0.393. The topological polar surface area (TPSA) is 101 Å². The fourth-order valence-corrected chi connectivity index (χ4v) is 4.38. The fraction of sp³-hybridized carbons (Fsp3) is 0.308. The Morgan fingerprint density at radius 1 is 1.15 bits per heavy atom. The maximum Gasteiger partial charge on any atom is 0.337 e. The number of carbonyl (C=O) groups is 2. The van der Waals surface area contributed by atoms with Crippen LogP contribution in [0.1, 0.15) is 43.7 Å². The number of nitrogens with one attached hydrogen (secondary N) is 1. The van der Waals surface area contributed by atoms with Crippen molar-refractivity contribution in [2.45, 2.75) is 32.6 Å². The number of pyridine rings is 1. The number of hydrogen-bond acceptors (Lipinski definition) is 8. The Bertz CT molecular complexity index is 1110. The van der Waals surface area contributed by atoms with E-state index in [1.807, 2.05) is 43.3 Å². The highest BCUT2D eigenvalue weighted by Crippen LogP contribution is 2.43. The Labute approximate surface area is 203 Å². The van der Waals surface area contributed by atoms with E-state index in [2.05, 4.69) is 16.4 Å². The van der Waals surface area contributed by atoms with Gasteiger partial charge in [0.05, 0.1) is 52.8 Å². The van der Waals surface area contributed by atoms with Gasteiger partial charge in [-0.3, -0.25) is 9.78 Å². The summed E-state index contributed by atoms with van der Waals surface area (Å²) < 4.78 is 10.7. The van der Waals surface area contributed by atoms with Gasteiger partial charge in [0.25, 0.3) is 0 Å². The van der Waals surface area contributed by atoms with E-state index in [0.29, 0.717) is 34.0 Å². The normalized spacial score (nSPS) is 15.4. The lowest BCUT2D eigenvalue weighted by atomic mass is 9.82. The second-order valence-corrected chi connectivity index (χ2v) is 8.42. The molecule has 8 heteroatoms. The third-order valence-corrected chi connectivity index (χ3v) is 6.11. The predicted molar refractivity (Wildman–Crippen MR) is 131 cm³/mol. The van der Waals surface area contributed by atoms with Gasteiger partial charge < -0.3 is 14.8 Å². The Hall–Kier alpha value is -3.57. The number of esters is 2. The van der Waals surface area contributed by atoms with Crippen LogP contribution >= 0.6 is 11.8 Å². The van der Waals surface area contributed by atoms with Gasteiger partial charge in [-0.15, -0.1) is 0 Å². The zero-order chi connectivity index (χ0) is 24.3. The summed E-state index contributed by atoms with van der Waals surface area (Å²) in [7, 11) is 0. The lowest BCUT2D eigenvalue weighted by Crippen LogP contribution is -2.29. The average Bonchev–Trinajstić information content (AvgIpc) is 2.87. The van der Waals surface area contributed by atoms with Crippen LogP contribution in [0.15, 0.2) is 71.0 Å². The molecule has 0 spiro atoms. The van der Waals surface area contributed by atoms with E-state index in [0.717, 1.165) is 18.4 Å². The maximum absolute atomic E-state index is 13.2. The van der Waals surface area contributed by atoms with Crippen molar-refractivity contribution >= 4 is 29.4 Å². The molecule has 1 atom stereocenters. The third-order valence-electron chi connectivity index (χ3n) is 5.12. The monoisotopic (exact) mass is 477 g/mol. The summed E-state index contributed by atoms with van der Waals surface area (Å²) in [6, 6.07) is 15.2. The molecule has 2 heterocycles. The molecule has 0 unspecified atom stereocenters. The first-order valence-electron chi connectivity index (χ1n) is 11.2. The molecule has 0 fully saturated rings. The number of benzene rings is 1.